The van der Waals surface area contributed by atoms with E-state index >= 15 is 0 Å². The van der Waals surface area contributed by atoms with Gasteiger partial charge in [-0.05, 0) is 65.8 Å². The van der Waals surface area contributed by atoms with Crippen molar-refractivity contribution in [2.75, 3.05) is 32.7 Å². The second-order valence-corrected chi connectivity index (χ2v) is 9.64. The van der Waals surface area contributed by atoms with Gasteiger partial charge in [-0.25, -0.2) is 4.79 Å². The molecule has 1 aliphatic rings. The molecule has 2 amide bonds. The van der Waals surface area contributed by atoms with Crippen LogP contribution in [0.4, 0.5) is 4.79 Å². The van der Waals surface area contributed by atoms with Crippen molar-refractivity contribution in [3.05, 3.63) is 35.4 Å². The van der Waals surface area contributed by atoms with Gasteiger partial charge < -0.3 is 14.5 Å². The van der Waals surface area contributed by atoms with Gasteiger partial charge in [0.05, 0.1) is 0 Å². The van der Waals surface area contributed by atoms with Gasteiger partial charge in [0, 0.05) is 43.8 Å². The zero-order valence-corrected chi connectivity index (χ0v) is 19.1. The van der Waals surface area contributed by atoms with Crippen molar-refractivity contribution in [3.8, 4) is 0 Å². The van der Waals surface area contributed by atoms with Crippen LogP contribution < -0.4 is 0 Å². The van der Waals surface area contributed by atoms with Crippen LogP contribution in [-0.4, -0.2) is 70.6 Å². The summed E-state index contributed by atoms with van der Waals surface area (Å²) in [5, 5.41) is 0. The largest absolute Gasteiger partial charge is 0.444 e. The quantitative estimate of drug-likeness (QED) is 0.762. The van der Waals surface area contributed by atoms with E-state index in [1.54, 1.807) is 4.90 Å². The second kappa shape index (κ2) is 9.16. The smallest absolute Gasteiger partial charge is 0.410 e. The Balaban J connectivity index is 1.92. The highest BCUT2D eigenvalue weighted by Crippen LogP contribution is 2.18. The number of piperazine rings is 1. The van der Waals surface area contributed by atoms with E-state index in [0.29, 0.717) is 31.7 Å². The zero-order chi connectivity index (χ0) is 21.8. The van der Waals surface area contributed by atoms with Crippen molar-refractivity contribution in [2.45, 2.75) is 66.2 Å². The van der Waals surface area contributed by atoms with Crippen LogP contribution >= 0.6 is 0 Å². The van der Waals surface area contributed by atoms with E-state index in [1.807, 2.05) is 49.9 Å². The van der Waals surface area contributed by atoms with Crippen LogP contribution in [0.25, 0.3) is 0 Å². The number of rotatable bonds is 4. The maximum Gasteiger partial charge on any atom is 0.410 e. The molecule has 6 heteroatoms. The first-order valence-corrected chi connectivity index (χ1v) is 10.5. The van der Waals surface area contributed by atoms with Crippen molar-refractivity contribution >= 4 is 12.0 Å². The van der Waals surface area contributed by atoms with Gasteiger partial charge >= 0.3 is 6.09 Å². The molecule has 0 atom stereocenters. The average molecular weight is 404 g/mol. The van der Waals surface area contributed by atoms with Crippen molar-refractivity contribution in [1.82, 2.24) is 14.7 Å². The van der Waals surface area contributed by atoms with Crippen molar-refractivity contribution in [1.29, 1.82) is 0 Å². The lowest BCUT2D eigenvalue weighted by atomic mass is 10.0. The molecule has 1 saturated heterocycles. The topological polar surface area (TPSA) is 53.1 Å². The van der Waals surface area contributed by atoms with Gasteiger partial charge in [-0.3, -0.25) is 9.69 Å². The molecule has 29 heavy (non-hydrogen) atoms. The molecule has 0 N–H and O–H groups in total. The van der Waals surface area contributed by atoms with Crippen molar-refractivity contribution in [3.63, 3.8) is 0 Å². The van der Waals surface area contributed by atoms with E-state index < -0.39 is 5.60 Å². The number of carbonyl (C=O) groups is 2. The molecule has 1 heterocycles. The highest BCUT2D eigenvalue weighted by atomic mass is 16.6. The first kappa shape index (κ1) is 23.2. The standard InChI is InChI=1S/C23H37N3O3/c1-8-26(22(2,3)4)17-18-9-11-19(12-10-18)20(27)24-13-15-25(16-14-24)21(28)29-23(5,6)7/h9-12H,8,13-17H2,1-7H3. The summed E-state index contributed by atoms with van der Waals surface area (Å²) in [5.74, 6) is 0.0172. The second-order valence-electron chi connectivity index (χ2n) is 9.64. The Hall–Kier alpha value is -2.08. The molecule has 162 valence electrons. The third kappa shape index (κ3) is 6.74. The minimum Gasteiger partial charge on any atom is -0.444 e. The molecular weight excluding hydrogens is 366 g/mol. The fourth-order valence-electron chi connectivity index (χ4n) is 3.40. The van der Waals surface area contributed by atoms with Crippen LogP contribution in [0.3, 0.4) is 0 Å². The predicted octanol–water partition coefficient (Wildman–Crippen LogP) is 4.00. The molecule has 0 aromatic heterocycles. The molecule has 0 saturated carbocycles. The van der Waals surface area contributed by atoms with Gasteiger partial charge in [-0.1, -0.05) is 19.1 Å². The minimum absolute atomic E-state index is 0.0172. The van der Waals surface area contributed by atoms with E-state index in [4.69, 9.17) is 4.74 Å². The molecule has 1 aromatic carbocycles. The number of carbonyl (C=O) groups excluding carboxylic acids is 2. The molecule has 1 aromatic rings. The number of hydrogen-bond acceptors (Lipinski definition) is 4. The van der Waals surface area contributed by atoms with Gasteiger partial charge in [-0.2, -0.15) is 0 Å². The minimum atomic E-state index is -0.508. The molecule has 1 fully saturated rings. The van der Waals surface area contributed by atoms with Crippen LogP contribution in [0.1, 0.15) is 64.4 Å². The first-order chi connectivity index (χ1) is 13.4. The van der Waals surface area contributed by atoms with Crippen LogP contribution in [0.2, 0.25) is 0 Å². The normalized spacial score (nSPS) is 15.6. The van der Waals surface area contributed by atoms with E-state index in [1.165, 1.54) is 5.56 Å². The maximum absolute atomic E-state index is 12.8. The number of benzene rings is 1. The van der Waals surface area contributed by atoms with Crippen molar-refractivity contribution in [2.24, 2.45) is 0 Å². The lowest BCUT2D eigenvalue weighted by Gasteiger charge is -2.36. The summed E-state index contributed by atoms with van der Waals surface area (Å²) in [7, 11) is 0. The van der Waals surface area contributed by atoms with Crippen LogP contribution in [0.5, 0.6) is 0 Å². The number of ether oxygens (including phenoxy) is 1. The fourth-order valence-corrected chi connectivity index (χ4v) is 3.40. The monoisotopic (exact) mass is 403 g/mol. The molecule has 0 aliphatic carbocycles. The maximum atomic E-state index is 12.8. The van der Waals surface area contributed by atoms with E-state index in [0.717, 1.165) is 13.1 Å². The third-order valence-corrected chi connectivity index (χ3v) is 5.12. The van der Waals surface area contributed by atoms with Gasteiger partial charge in [0.1, 0.15) is 5.60 Å². The molecule has 6 nitrogen and oxygen atoms in total. The molecule has 0 spiro atoms. The summed E-state index contributed by atoms with van der Waals surface area (Å²) >= 11 is 0. The molecule has 1 aliphatic heterocycles. The Morgan fingerprint density at radius 2 is 1.45 bits per heavy atom. The van der Waals surface area contributed by atoms with Gasteiger partial charge in [-0.15, -0.1) is 0 Å². The van der Waals surface area contributed by atoms with Crippen LogP contribution in [-0.2, 0) is 11.3 Å². The molecule has 0 unspecified atom stereocenters. The van der Waals surface area contributed by atoms with Gasteiger partial charge in [0.25, 0.3) is 5.91 Å². The summed E-state index contributed by atoms with van der Waals surface area (Å²) < 4.78 is 5.41. The first-order valence-electron chi connectivity index (χ1n) is 10.5. The van der Waals surface area contributed by atoms with E-state index in [-0.39, 0.29) is 17.5 Å². The summed E-state index contributed by atoms with van der Waals surface area (Å²) in [6.45, 7) is 18.3. The molecule has 2 rings (SSSR count). The highest BCUT2D eigenvalue weighted by Gasteiger charge is 2.28. The Labute approximate surface area is 175 Å². The van der Waals surface area contributed by atoms with E-state index in [2.05, 4.69) is 32.6 Å². The third-order valence-electron chi connectivity index (χ3n) is 5.12. The Bertz CT molecular complexity index is 694. The summed E-state index contributed by atoms with van der Waals surface area (Å²) in [5.41, 5.74) is 1.50. The van der Waals surface area contributed by atoms with Gasteiger partial charge in [0.2, 0.25) is 0 Å². The van der Waals surface area contributed by atoms with Crippen LogP contribution in [0.15, 0.2) is 24.3 Å². The number of hydrogen-bond donors (Lipinski definition) is 0. The molecular formula is C23H37N3O3. The number of amides is 2. The Morgan fingerprint density at radius 1 is 0.931 bits per heavy atom. The summed E-state index contributed by atoms with van der Waals surface area (Å²) in [6, 6.07) is 7.90. The van der Waals surface area contributed by atoms with Crippen LogP contribution in [0, 0.1) is 0 Å². The highest BCUT2D eigenvalue weighted by molar-refractivity contribution is 5.94. The average Bonchev–Trinajstić information content (AvgIpc) is 2.64. The Kier molecular flexibility index (Phi) is 7.33. The van der Waals surface area contributed by atoms with Gasteiger partial charge in [0.15, 0.2) is 0 Å². The number of nitrogens with zero attached hydrogens (tertiary/aromatic N) is 3. The molecule has 0 bridgehead atoms. The van der Waals surface area contributed by atoms with Crippen molar-refractivity contribution < 1.29 is 14.3 Å². The molecule has 0 radical (unpaired) electrons. The summed E-state index contributed by atoms with van der Waals surface area (Å²) in [4.78, 5) is 30.9. The van der Waals surface area contributed by atoms with E-state index in [9.17, 15) is 9.59 Å². The fraction of sp³-hybridized carbons (Fsp3) is 0.652. The Morgan fingerprint density at radius 3 is 1.90 bits per heavy atom. The summed E-state index contributed by atoms with van der Waals surface area (Å²) in [6.07, 6.45) is -0.312. The SMILES string of the molecule is CCN(Cc1ccc(C(=O)N2CCN(C(=O)OC(C)(C)C)CC2)cc1)C(C)(C)C. The predicted molar refractivity (Wildman–Crippen MR) is 116 cm³/mol. The lowest BCUT2D eigenvalue weighted by Crippen LogP contribution is -2.51. The zero-order valence-electron chi connectivity index (χ0n) is 19.1. The lowest BCUT2D eigenvalue weighted by molar-refractivity contribution is 0.0141.